The summed E-state index contributed by atoms with van der Waals surface area (Å²) in [5.74, 6) is -0.210. The molecular formula is C20H22N4O3. The maximum absolute atomic E-state index is 12.7. The first-order valence-corrected chi connectivity index (χ1v) is 9.17. The van der Waals surface area contributed by atoms with Crippen molar-refractivity contribution < 1.29 is 14.3 Å². The van der Waals surface area contributed by atoms with Crippen LogP contribution in [0.2, 0.25) is 0 Å². The number of aromatic nitrogens is 1. The van der Waals surface area contributed by atoms with Gasteiger partial charge in [-0.2, -0.15) is 0 Å². The van der Waals surface area contributed by atoms with E-state index in [2.05, 4.69) is 10.3 Å². The third kappa shape index (κ3) is 3.56. The number of pyridine rings is 1. The van der Waals surface area contributed by atoms with Crippen molar-refractivity contribution in [3.05, 3.63) is 53.9 Å². The Bertz CT molecular complexity index is 856. The number of amides is 2. The molecule has 0 aliphatic carbocycles. The molecule has 7 nitrogen and oxygen atoms in total. The molecule has 3 N–H and O–H groups in total. The van der Waals surface area contributed by atoms with Crippen LogP contribution in [-0.2, 0) is 16.0 Å². The Labute approximate surface area is 157 Å². The highest BCUT2D eigenvalue weighted by molar-refractivity contribution is 6.07. The normalized spacial score (nSPS) is 21.1. The fourth-order valence-corrected chi connectivity index (χ4v) is 3.63. The quantitative estimate of drug-likeness (QED) is 0.859. The number of nitrogens with two attached hydrogens (primary N) is 1. The molecule has 2 aliphatic rings. The van der Waals surface area contributed by atoms with Crippen molar-refractivity contribution in [1.29, 1.82) is 0 Å². The number of nitrogens with one attached hydrogen (secondary N) is 1. The molecule has 1 aromatic carbocycles. The average molecular weight is 366 g/mol. The summed E-state index contributed by atoms with van der Waals surface area (Å²) in [7, 11) is 0. The number of hydrogen-bond donors (Lipinski definition) is 2. The second-order valence-electron chi connectivity index (χ2n) is 6.84. The Hall–Kier alpha value is -2.77. The van der Waals surface area contributed by atoms with Crippen LogP contribution in [0.3, 0.4) is 0 Å². The summed E-state index contributed by atoms with van der Waals surface area (Å²) in [5.41, 5.74) is 8.80. The lowest BCUT2D eigenvalue weighted by Gasteiger charge is -2.18. The van der Waals surface area contributed by atoms with Gasteiger partial charge in [0.1, 0.15) is 6.10 Å². The van der Waals surface area contributed by atoms with Gasteiger partial charge in [0.2, 0.25) is 0 Å². The average Bonchev–Trinajstić information content (AvgIpc) is 3.35. The van der Waals surface area contributed by atoms with E-state index < -0.39 is 6.10 Å². The van der Waals surface area contributed by atoms with Crippen molar-refractivity contribution >= 4 is 23.2 Å². The Balaban J connectivity index is 1.45. The van der Waals surface area contributed by atoms with Crippen LogP contribution >= 0.6 is 0 Å². The first kappa shape index (κ1) is 17.6. The molecule has 7 heteroatoms. The van der Waals surface area contributed by atoms with E-state index >= 15 is 0 Å². The fourth-order valence-electron chi connectivity index (χ4n) is 3.63. The molecule has 27 heavy (non-hydrogen) atoms. The topological polar surface area (TPSA) is 97.6 Å². The van der Waals surface area contributed by atoms with E-state index in [0.717, 1.165) is 24.1 Å². The smallest absolute Gasteiger partial charge is 0.259 e. The molecular weight excluding hydrogens is 344 g/mol. The van der Waals surface area contributed by atoms with Gasteiger partial charge in [-0.1, -0.05) is 0 Å². The van der Waals surface area contributed by atoms with Gasteiger partial charge in [0, 0.05) is 36.9 Å². The summed E-state index contributed by atoms with van der Waals surface area (Å²) in [5, 5.41) is 2.92. The highest BCUT2D eigenvalue weighted by Crippen LogP contribution is 2.32. The van der Waals surface area contributed by atoms with E-state index in [1.807, 2.05) is 18.2 Å². The fraction of sp³-hybridized carbons (Fsp3) is 0.350. The molecule has 0 spiro atoms. The zero-order chi connectivity index (χ0) is 18.8. The molecule has 3 heterocycles. The van der Waals surface area contributed by atoms with Crippen molar-refractivity contribution in [3.8, 4) is 0 Å². The SMILES string of the molecule is NC[C@H]1CC[C@@H](C(=O)Nc2ccc3c(c2)CCN3C(=O)c2cccnc2)O1. The molecule has 2 aliphatic heterocycles. The molecule has 1 saturated heterocycles. The summed E-state index contributed by atoms with van der Waals surface area (Å²) >= 11 is 0. The van der Waals surface area contributed by atoms with Gasteiger partial charge in [-0.25, -0.2) is 0 Å². The van der Waals surface area contributed by atoms with Crippen LogP contribution < -0.4 is 16.0 Å². The number of anilines is 2. The van der Waals surface area contributed by atoms with Gasteiger partial charge in [-0.05, 0) is 55.2 Å². The molecule has 2 amide bonds. The number of rotatable bonds is 4. The maximum Gasteiger partial charge on any atom is 0.259 e. The number of nitrogens with zero attached hydrogens (tertiary/aromatic N) is 2. The van der Waals surface area contributed by atoms with E-state index in [9.17, 15) is 9.59 Å². The highest BCUT2D eigenvalue weighted by Gasteiger charge is 2.30. The van der Waals surface area contributed by atoms with Crippen LogP contribution in [-0.4, -0.2) is 42.1 Å². The van der Waals surface area contributed by atoms with Gasteiger partial charge in [0.15, 0.2) is 0 Å². The zero-order valence-corrected chi connectivity index (χ0v) is 14.9. The third-order valence-electron chi connectivity index (χ3n) is 5.06. The Kier molecular flexibility index (Phi) is 4.87. The minimum absolute atomic E-state index is 0.0344. The van der Waals surface area contributed by atoms with E-state index in [4.69, 9.17) is 10.5 Å². The lowest BCUT2D eigenvalue weighted by Crippen LogP contribution is -2.30. The Morgan fingerprint density at radius 3 is 2.93 bits per heavy atom. The van der Waals surface area contributed by atoms with Crippen LogP contribution in [0.1, 0.15) is 28.8 Å². The number of hydrogen-bond acceptors (Lipinski definition) is 5. The van der Waals surface area contributed by atoms with Crippen LogP contribution in [0, 0.1) is 0 Å². The Morgan fingerprint density at radius 1 is 1.30 bits per heavy atom. The molecule has 0 radical (unpaired) electrons. The van der Waals surface area contributed by atoms with E-state index in [-0.39, 0.29) is 17.9 Å². The zero-order valence-electron chi connectivity index (χ0n) is 14.9. The van der Waals surface area contributed by atoms with Gasteiger partial charge in [-0.15, -0.1) is 0 Å². The molecule has 0 saturated carbocycles. The number of carbonyl (C=O) groups excluding carboxylic acids is 2. The monoisotopic (exact) mass is 366 g/mol. The lowest BCUT2D eigenvalue weighted by atomic mass is 10.1. The van der Waals surface area contributed by atoms with Crippen molar-refractivity contribution in [2.24, 2.45) is 5.73 Å². The summed E-state index contributed by atoms with van der Waals surface area (Å²) in [6.07, 6.45) is 4.98. The predicted octanol–water partition coefficient (Wildman–Crippen LogP) is 1.73. The first-order chi connectivity index (χ1) is 13.2. The van der Waals surface area contributed by atoms with Crippen LogP contribution in [0.5, 0.6) is 0 Å². The number of fused-ring (bicyclic) bond motifs is 1. The van der Waals surface area contributed by atoms with Gasteiger partial charge >= 0.3 is 0 Å². The molecule has 4 rings (SSSR count). The lowest BCUT2D eigenvalue weighted by molar-refractivity contribution is -0.126. The van der Waals surface area contributed by atoms with E-state index in [1.165, 1.54) is 0 Å². The van der Waals surface area contributed by atoms with E-state index in [1.54, 1.807) is 29.4 Å². The minimum atomic E-state index is -0.449. The van der Waals surface area contributed by atoms with Gasteiger partial charge in [-0.3, -0.25) is 14.6 Å². The molecule has 2 aromatic rings. The molecule has 0 unspecified atom stereocenters. The summed E-state index contributed by atoms with van der Waals surface area (Å²) in [6.45, 7) is 1.05. The van der Waals surface area contributed by atoms with Crippen molar-refractivity contribution in [1.82, 2.24) is 4.98 Å². The number of ether oxygens (including phenoxy) is 1. The Morgan fingerprint density at radius 2 is 2.19 bits per heavy atom. The van der Waals surface area contributed by atoms with Crippen LogP contribution in [0.4, 0.5) is 11.4 Å². The van der Waals surface area contributed by atoms with Crippen LogP contribution in [0.15, 0.2) is 42.7 Å². The number of benzene rings is 1. The molecule has 0 bridgehead atoms. The largest absolute Gasteiger partial charge is 0.364 e. The minimum Gasteiger partial charge on any atom is -0.364 e. The standard InChI is InChI=1S/C20H22N4O3/c21-11-16-4-6-18(27-16)19(25)23-15-3-5-17-13(10-15)7-9-24(17)20(26)14-2-1-8-22-12-14/h1-3,5,8,10,12,16,18H,4,6-7,9,11,21H2,(H,23,25)/t16-,18+/m1/s1. The first-order valence-electron chi connectivity index (χ1n) is 9.17. The molecule has 140 valence electrons. The van der Waals surface area contributed by atoms with Crippen LogP contribution in [0.25, 0.3) is 0 Å². The third-order valence-corrected chi connectivity index (χ3v) is 5.06. The predicted molar refractivity (Wildman–Crippen MR) is 102 cm³/mol. The van der Waals surface area contributed by atoms with Crippen molar-refractivity contribution in [2.45, 2.75) is 31.5 Å². The summed E-state index contributed by atoms with van der Waals surface area (Å²) in [6, 6.07) is 9.14. The van der Waals surface area contributed by atoms with Crippen molar-refractivity contribution in [3.63, 3.8) is 0 Å². The summed E-state index contributed by atoms with van der Waals surface area (Å²) in [4.78, 5) is 30.8. The van der Waals surface area contributed by atoms with Gasteiger partial charge < -0.3 is 20.7 Å². The second kappa shape index (κ2) is 7.46. The second-order valence-corrected chi connectivity index (χ2v) is 6.84. The summed E-state index contributed by atoms with van der Waals surface area (Å²) < 4.78 is 5.64. The molecule has 2 atom stereocenters. The highest BCUT2D eigenvalue weighted by atomic mass is 16.5. The van der Waals surface area contributed by atoms with Gasteiger partial charge in [0.25, 0.3) is 11.8 Å². The maximum atomic E-state index is 12.7. The van der Waals surface area contributed by atoms with E-state index in [0.29, 0.717) is 30.8 Å². The van der Waals surface area contributed by atoms with Crippen molar-refractivity contribution in [2.75, 3.05) is 23.3 Å². The molecule has 1 aromatic heterocycles. The molecule has 1 fully saturated rings. The number of carbonyl (C=O) groups is 2. The van der Waals surface area contributed by atoms with Gasteiger partial charge in [0.05, 0.1) is 11.7 Å².